The van der Waals surface area contributed by atoms with Gasteiger partial charge in [0.1, 0.15) is 0 Å². The van der Waals surface area contributed by atoms with Crippen LogP contribution in [0.4, 0.5) is 0 Å². The number of aliphatic imine (C=N–C) groups is 1. The van der Waals surface area contributed by atoms with Crippen LogP contribution >= 0.6 is 0 Å². The monoisotopic (exact) mass is 370 g/mol. The van der Waals surface area contributed by atoms with Crippen LogP contribution in [0, 0.1) is 0 Å². The number of benzene rings is 1. The standard InChI is InChI=1S/C20H30N6O/c1-5-21-20(23-15-18-12-13-24-25(18)4)22-14-16-8-10-17(11-9-16)19(27)26(6-2)7-3/h8-13H,5-7,14-15H2,1-4H3,(H2,21,22,23). The lowest BCUT2D eigenvalue weighted by atomic mass is 10.1. The number of carbonyl (C=O) groups excluding carboxylic acids is 1. The lowest BCUT2D eigenvalue weighted by molar-refractivity contribution is 0.0773. The zero-order chi connectivity index (χ0) is 19.6. The van der Waals surface area contributed by atoms with Crippen molar-refractivity contribution in [2.45, 2.75) is 33.9 Å². The number of rotatable bonds is 8. The van der Waals surface area contributed by atoms with Crippen LogP contribution in [-0.4, -0.2) is 46.2 Å². The second kappa shape index (κ2) is 10.4. The van der Waals surface area contributed by atoms with E-state index in [1.807, 2.05) is 67.7 Å². The molecule has 0 saturated heterocycles. The SMILES string of the molecule is CCNC(=NCc1ccc(C(=O)N(CC)CC)cc1)NCc1ccnn1C. The van der Waals surface area contributed by atoms with Crippen molar-refractivity contribution in [3.05, 3.63) is 53.3 Å². The molecule has 0 aliphatic rings. The Labute approximate surface area is 161 Å². The molecule has 7 heteroatoms. The Kier molecular flexibility index (Phi) is 7.85. The van der Waals surface area contributed by atoms with E-state index in [2.05, 4.69) is 20.7 Å². The highest BCUT2D eigenvalue weighted by Gasteiger charge is 2.11. The molecule has 0 bridgehead atoms. The van der Waals surface area contributed by atoms with Crippen molar-refractivity contribution in [2.75, 3.05) is 19.6 Å². The van der Waals surface area contributed by atoms with Crippen LogP contribution in [0.2, 0.25) is 0 Å². The maximum absolute atomic E-state index is 12.4. The van der Waals surface area contributed by atoms with Crippen molar-refractivity contribution in [1.29, 1.82) is 0 Å². The third-order valence-corrected chi connectivity index (χ3v) is 4.37. The van der Waals surface area contributed by atoms with Gasteiger partial charge in [-0.05, 0) is 44.5 Å². The van der Waals surface area contributed by atoms with Crippen LogP contribution in [0.15, 0.2) is 41.5 Å². The Morgan fingerprint density at radius 1 is 1.11 bits per heavy atom. The molecule has 2 N–H and O–H groups in total. The van der Waals surface area contributed by atoms with E-state index in [4.69, 9.17) is 0 Å². The maximum atomic E-state index is 12.4. The molecule has 0 radical (unpaired) electrons. The first kappa shape index (κ1) is 20.5. The van der Waals surface area contributed by atoms with Crippen molar-refractivity contribution in [2.24, 2.45) is 12.0 Å². The average molecular weight is 371 g/mol. The van der Waals surface area contributed by atoms with Crippen LogP contribution in [0.3, 0.4) is 0 Å². The third kappa shape index (κ3) is 5.84. The van der Waals surface area contributed by atoms with Gasteiger partial charge in [-0.2, -0.15) is 5.10 Å². The minimum absolute atomic E-state index is 0.0706. The Hall–Kier alpha value is -2.83. The van der Waals surface area contributed by atoms with Gasteiger partial charge >= 0.3 is 0 Å². The van der Waals surface area contributed by atoms with E-state index < -0.39 is 0 Å². The number of hydrogen-bond acceptors (Lipinski definition) is 3. The smallest absolute Gasteiger partial charge is 0.253 e. The molecule has 0 aliphatic carbocycles. The van der Waals surface area contributed by atoms with Gasteiger partial charge in [-0.15, -0.1) is 0 Å². The first-order valence-electron chi connectivity index (χ1n) is 9.46. The molecular formula is C20H30N6O. The molecular weight excluding hydrogens is 340 g/mol. The number of aryl methyl sites for hydroxylation is 1. The molecule has 0 unspecified atom stereocenters. The number of hydrogen-bond donors (Lipinski definition) is 2. The quantitative estimate of drug-likeness (QED) is 0.552. The highest BCUT2D eigenvalue weighted by Crippen LogP contribution is 2.09. The fraction of sp³-hybridized carbons (Fsp3) is 0.450. The molecule has 0 fully saturated rings. The van der Waals surface area contributed by atoms with Gasteiger partial charge in [0.05, 0.1) is 18.8 Å². The normalized spacial score (nSPS) is 11.3. The van der Waals surface area contributed by atoms with E-state index in [0.29, 0.717) is 18.7 Å². The number of guanidine groups is 1. The molecule has 1 heterocycles. The Morgan fingerprint density at radius 2 is 1.81 bits per heavy atom. The van der Waals surface area contributed by atoms with E-state index in [0.717, 1.165) is 36.9 Å². The predicted molar refractivity (Wildman–Crippen MR) is 109 cm³/mol. The Morgan fingerprint density at radius 3 is 2.37 bits per heavy atom. The molecule has 1 aromatic carbocycles. The van der Waals surface area contributed by atoms with Gasteiger partial charge in [0, 0.05) is 38.4 Å². The summed E-state index contributed by atoms with van der Waals surface area (Å²) in [5.41, 5.74) is 2.86. The molecule has 0 aliphatic heterocycles. The van der Waals surface area contributed by atoms with Crippen LogP contribution < -0.4 is 10.6 Å². The van der Waals surface area contributed by atoms with Crippen LogP contribution in [0.1, 0.15) is 42.4 Å². The zero-order valence-electron chi connectivity index (χ0n) is 16.7. The molecule has 27 heavy (non-hydrogen) atoms. The molecule has 7 nitrogen and oxygen atoms in total. The lowest BCUT2D eigenvalue weighted by Gasteiger charge is -2.18. The predicted octanol–water partition coefficient (Wildman–Crippen LogP) is 2.16. The summed E-state index contributed by atoms with van der Waals surface area (Å²) < 4.78 is 1.84. The molecule has 1 aromatic heterocycles. The molecule has 2 rings (SSSR count). The number of amides is 1. The largest absolute Gasteiger partial charge is 0.357 e. The van der Waals surface area contributed by atoms with Crippen LogP contribution in [0.25, 0.3) is 0 Å². The van der Waals surface area contributed by atoms with E-state index in [1.54, 1.807) is 6.20 Å². The fourth-order valence-corrected chi connectivity index (χ4v) is 2.71. The van der Waals surface area contributed by atoms with Gasteiger partial charge in [0.2, 0.25) is 0 Å². The van der Waals surface area contributed by atoms with Gasteiger partial charge in [0.15, 0.2) is 5.96 Å². The minimum atomic E-state index is 0.0706. The molecule has 146 valence electrons. The van der Waals surface area contributed by atoms with Crippen molar-refractivity contribution >= 4 is 11.9 Å². The zero-order valence-corrected chi connectivity index (χ0v) is 16.7. The first-order chi connectivity index (χ1) is 13.1. The lowest BCUT2D eigenvalue weighted by Crippen LogP contribution is -2.37. The summed E-state index contributed by atoms with van der Waals surface area (Å²) >= 11 is 0. The van der Waals surface area contributed by atoms with Crippen molar-refractivity contribution in [3.8, 4) is 0 Å². The van der Waals surface area contributed by atoms with Gasteiger partial charge in [0.25, 0.3) is 5.91 Å². The number of nitrogens with one attached hydrogen (secondary N) is 2. The second-order valence-electron chi connectivity index (χ2n) is 6.17. The van der Waals surface area contributed by atoms with Crippen molar-refractivity contribution < 1.29 is 4.79 Å². The highest BCUT2D eigenvalue weighted by atomic mass is 16.2. The number of carbonyl (C=O) groups is 1. The summed E-state index contributed by atoms with van der Waals surface area (Å²) in [6.45, 7) is 9.44. The molecule has 2 aromatic rings. The van der Waals surface area contributed by atoms with Crippen molar-refractivity contribution in [1.82, 2.24) is 25.3 Å². The van der Waals surface area contributed by atoms with E-state index in [-0.39, 0.29) is 5.91 Å². The van der Waals surface area contributed by atoms with E-state index in [9.17, 15) is 4.79 Å². The van der Waals surface area contributed by atoms with Crippen LogP contribution in [-0.2, 0) is 20.1 Å². The first-order valence-corrected chi connectivity index (χ1v) is 9.46. The summed E-state index contributed by atoms with van der Waals surface area (Å²) in [6, 6.07) is 9.65. The van der Waals surface area contributed by atoms with Crippen molar-refractivity contribution in [3.63, 3.8) is 0 Å². The number of aromatic nitrogens is 2. The molecule has 0 atom stereocenters. The average Bonchev–Trinajstić information content (AvgIpc) is 3.10. The minimum Gasteiger partial charge on any atom is -0.357 e. The summed E-state index contributed by atoms with van der Waals surface area (Å²) in [4.78, 5) is 18.8. The summed E-state index contributed by atoms with van der Waals surface area (Å²) in [5.74, 6) is 0.822. The second-order valence-corrected chi connectivity index (χ2v) is 6.17. The molecule has 0 saturated carbocycles. The van der Waals surface area contributed by atoms with Gasteiger partial charge in [-0.1, -0.05) is 12.1 Å². The molecule has 0 spiro atoms. The third-order valence-electron chi connectivity index (χ3n) is 4.37. The van der Waals surface area contributed by atoms with Gasteiger partial charge < -0.3 is 15.5 Å². The Balaban J connectivity index is 1.98. The number of nitrogens with zero attached hydrogens (tertiary/aromatic N) is 4. The molecule has 1 amide bonds. The maximum Gasteiger partial charge on any atom is 0.253 e. The van der Waals surface area contributed by atoms with E-state index >= 15 is 0 Å². The van der Waals surface area contributed by atoms with Crippen LogP contribution in [0.5, 0.6) is 0 Å². The van der Waals surface area contributed by atoms with Gasteiger partial charge in [-0.25, -0.2) is 4.99 Å². The summed E-state index contributed by atoms with van der Waals surface area (Å²) in [7, 11) is 1.92. The fourth-order valence-electron chi connectivity index (χ4n) is 2.71. The summed E-state index contributed by atoms with van der Waals surface area (Å²) in [6.07, 6.45) is 1.78. The van der Waals surface area contributed by atoms with E-state index in [1.165, 1.54) is 0 Å². The Bertz CT molecular complexity index is 746. The summed E-state index contributed by atoms with van der Waals surface area (Å²) in [5, 5.41) is 10.7. The topological polar surface area (TPSA) is 74.6 Å². The highest BCUT2D eigenvalue weighted by molar-refractivity contribution is 5.94. The van der Waals surface area contributed by atoms with Gasteiger partial charge in [-0.3, -0.25) is 9.48 Å².